The number of aromatic nitrogens is 2. The summed E-state index contributed by atoms with van der Waals surface area (Å²) in [4.78, 5) is 0.297. The molecule has 4 nitrogen and oxygen atoms in total. The maximum Gasteiger partial charge on any atom is 0.285 e. The molecule has 0 saturated heterocycles. The topological polar surface area (TPSA) is 59.2 Å². The highest BCUT2D eigenvalue weighted by Gasteiger charge is 2.09. The number of phenolic OH excluding ortho intramolecular Hbond substituents is 1. The van der Waals surface area contributed by atoms with Crippen molar-refractivity contribution in [1.82, 2.24) is 10.2 Å². The molecule has 0 radical (unpaired) electrons. The predicted molar refractivity (Wildman–Crippen MR) is 49.1 cm³/mol. The zero-order chi connectivity index (χ0) is 9.26. The maximum atomic E-state index is 9.43. The van der Waals surface area contributed by atoms with E-state index < -0.39 is 0 Å². The van der Waals surface area contributed by atoms with Gasteiger partial charge in [-0.25, -0.2) is 0 Å². The van der Waals surface area contributed by atoms with Crippen molar-refractivity contribution in [2.45, 2.75) is 0 Å². The molecule has 0 atom stereocenters. The SMILES string of the molecule is Oc1ccccc1-c1nnc(Br)o1. The molecule has 1 aromatic carbocycles. The number of aromatic hydroxyl groups is 1. The van der Waals surface area contributed by atoms with Gasteiger partial charge in [-0.1, -0.05) is 12.1 Å². The minimum Gasteiger partial charge on any atom is -0.507 e. The Kier molecular flexibility index (Phi) is 2.02. The summed E-state index contributed by atoms with van der Waals surface area (Å²) < 4.78 is 5.08. The van der Waals surface area contributed by atoms with Crippen LogP contribution in [0.3, 0.4) is 0 Å². The molecule has 1 heterocycles. The second-order valence-corrected chi connectivity index (χ2v) is 3.06. The van der Waals surface area contributed by atoms with Crippen molar-refractivity contribution in [3.05, 3.63) is 29.1 Å². The van der Waals surface area contributed by atoms with Gasteiger partial charge in [0.25, 0.3) is 10.7 Å². The van der Waals surface area contributed by atoms with E-state index in [1.54, 1.807) is 24.3 Å². The molecule has 0 unspecified atom stereocenters. The molecule has 5 heteroatoms. The Labute approximate surface area is 82.4 Å². The molecule has 1 N–H and O–H groups in total. The van der Waals surface area contributed by atoms with E-state index in [1.165, 1.54) is 0 Å². The number of benzene rings is 1. The summed E-state index contributed by atoms with van der Waals surface area (Å²) in [6.07, 6.45) is 0. The van der Waals surface area contributed by atoms with Crippen LogP contribution < -0.4 is 0 Å². The first-order chi connectivity index (χ1) is 6.27. The zero-order valence-corrected chi connectivity index (χ0v) is 8.02. The van der Waals surface area contributed by atoms with Crippen molar-refractivity contribution in [2.75, 3.05) is 0 Å². The van der Waals surface area contributed by atoms with Gasteiger partial charge in [-0.3, -0.25) is 0 Å². The molecule has 0 bridgehead atoms. The Morgan fingerprint density at radius 2 is 2.00 bits per heavy atom. The molecule has 66 valence electrons. The fourth-order valence-electron chi connectivity index (χ4n) is 0.969. The molecule has 1 aromatic heterocycles. The molecule has 0 spiro atoms. The van der Waals surface area contributed by atoms with Crippen molar-refractivity contribution >= 4 is 15.9 Å². The lowest BCUT2D eigenvalue weighted by Gasteiger charge is -1.96. The molecule has 0 aliphatic rings. The average molecular weight is 241 g/mol. The van der Waals surface area contributed by atoms with E-state index in [-0.39, 0.29) is 5.75 Å². The molecule has 0 fully saturated rings. The van der Waals surface area contributed by atoms with E-state index in [0.717, 1.165) is 0 Å². The maximum absolute atomic E-state index is 9.43. The molecule has 0 aliphatic carbocycles. The third-order valence-electron chi connectivity index (χ3n) is 1.53. The van der Waals surface area contributed by atoms with Gasteiger partial charge in [0.15, 0.2) is 0 Å². The van der Waals surface area contributed by atoms with Gasteiger partial charge in [-0.2, -0.15) is 0 Å². The van der Waals surface area contributed by atoms with Gasteiger partial charge in [0.2, 0.25) is 0 Å². The summed E-state index contributed by atoms with van der Waals surface area (Å²) in [6, 6.07) is 6.78. The molecule has 2 rings (SSSR count). The Balaban J connectivity index is 2.52. The number of rotatable bonds is 1. The number of phenols is 1. The number of para-hydroxylation sites is 1. The molecule has 0 amide bonds. The lowest BCUT2D eigenvalue weighted by atomic mass is 10.2. The van der Waals surface area contributed by atoms with Crippen LogP contribution in [0.2, 0.25) is 0 Å². The van der Waals surface area contributed by atoms with Crippen molar-refractivity contribution in [3.63, 3.8) is 0 Å². The molecule has 0 saturated carbocycles. The second-order valence-electron chi connectivity index (χ2n) is 2.38. The van der Waals surface area contributed by atoms with Gasteiger partial charge in [0, 0.05) is 15.9 Å². The fourth-order valence-corrected chi connectivity index (χ4v) is 1.20. The zero-order valence-electron chi connectivity index (χ0n) is 6.44. The molecule has 0 aliphatic heterocycles. The Morgan fingerprint density at radius 1 is 1.23 bits per heavy atom. The lowest BCUT2D eigenvalue weighted by Crippen LogP contribution is -1.77. The monoisotopic (exact) mass is 240 g/mol. The van der Waals surface area contributed by atoms with Crippen LogP contribution in [-0.4, -0.2) is 15.3 Å². The molecule has 2 aromatic rings. The van der Waals surface area contributed by atoms with E-state index >= 15 is 0 Å². The predicted octanol–water partition coefficient (Wildman–Crippen LogP) is 2.20. The highest BCUT2D eigenvalue weighted by molar-refractivity contribution is 9.10. The summed E-state index contributed by atoms with van der Waals surface area (Å²) in [6.45, 7) is 0. The average Bonchev–Trinajstić information content (AvgIpc) is 2.53. The van der Waals surface area contributed by atoms with Crippen LogP contribution in [0.25, 0.3) is 11.5 Å². The third-order valence-corrected chi connectivity index (χ3v) is 1.86. The van der Waals surface area contributed by atoms with Crippen molar-refractivity contribution in [2.24, 2.45) is 0 Å². The first-order valence-electron chi connectivity index (χ1n) is 3.55. The van der Waals surface area contributed by atoms with Crippen molar-refractivity contribution in [3.8, 4) is 17.2 Å². The highest BCUT2D eigenvalue weighted by Crippen LogP contribution is 2.27. The minimum atomic E-state index is 0.124. The largest absolute Gasteiger partial charge is 0.507 e. The Hall–Kier alpha value is -1.36. The summed E-state index contributed by atoms with van der Waals surface area (Å²) in [7, 11) is 0. The van der Waals surface area contributed by atoms with E-state index in [0.29, 0.717) is 16.3 Å². The second kappa shape index (κ2) is 3.18. The van der Waals surface area contributed by atoms with Crippen molar-refractivity contribution in [1.29, 1.82) is 0 Å². The van der Waals surface area contributed by atoms with Crippen molar-refractivity contribution < 1.29 is 9.52 Å². The highest BCUT2D eigenvalue weighted by atomic mass is 79.9. The third kappa shape index (κ3) is 1.55. The fraction of sp³-hybridized carbons (Fsp3) is 0. The number of halogens is 1. The van der Waals surface area contributed by atoms with Crippen LogP contribution in [0.1, 0.15) is 0 Å². The Morgan fingerprint density at radius 3 is 2.62 bits per heavy atom. The number of hydrogen-bond acceptors (Lipinski definition) is 4. The van der Waals surface area contributed by atoms with Gasteiger partial charge in [-0.15, -0.1) is 10.2 Å². The van der Waals surface area contributed by atoms with E-state index in [1.807, 2.05) is 0 Å². The van der Waals surface area contributed by atoms with Crippen LogP contribution in [0, 0.1) is 0 Å². The summed E-state index contributed by atoms with van der Waals surface area (Å²) in [5.74, 6) is 0.420. The van der Waals surface area contributed by atoms with Gasteiger partial charge in [0.05, 0.1) is 5.56 Å². The number of nitrogens with zero attached hydrogens (tertiary/aromatic N) is 2. The standard InChI is InChI=1S/C8H5BrN2O2/c9-8-11-10-7(13-8)5-3-1-2-4-6(5)12/h1-4,12H. The first-order valence-corrected chi connectivity index (χ1v) is 4.34. The smallest absolute Gasteiger partial charge is 0.285 e. The van der Waals surface area contributed by atoms with Crippen LogP contribution in [0.5, 0.6) is 5.75 Å². The van der Waals surface area contributed by atoms with E-state index in [4.69, 9.17) is 4.42 Å². The minimum absolute atomic E-state index is 0.124. The van der Waals surface area contributed by atoms with Gasteiger partial charge in [0.1, 0.15) is 5.75 Å². The van der Waals surface area contributed by atoms with E-state index in [9.17, 15) is 5.11 Å². The van der Waals surface area contributed by atoms with Crippen LogP contribution in [-0.2, 0) is 0 Å². The lowest BCUT2D eigenvalue weighted by molar-refractivity contribution is 0.471. The van der Waals surface area contributed by atoms with Gasteiger partial charge in [-0.05, 0) is 12.1 Å². The summed E-state index contributed by atoms with van der Waals surface area (Å²) in [5, 5.41) is 16.8. The van der Waals surface area contributed by atoms with Gasteiger partial charge >= 0.3 is 0 Å². The summed E-state index contributed by atoms with van der Waals surface area (Å²) >= 11 is 3.03. The first kappa shape index (κ1) is 8.25. The van der Waals surface area contributed by atoms with Crippen LogP contribution >= 0.6 is 15.9 Å². The molecular weight excluding hydrogens is 236 g/mol. The summed E-state index contributed by atoms with van der Waals surface area (Å²) in [5.41, 5.74) is 0.528. The molecular formula is C8H5BrN2O2. The normalized spacial score (nSPS) is 10.2. The Bertz CT molecular complexity index is 428. The van der Waals surface area contributed by atoms with Crippen LogP contribution in [0.4, 0.5) is 0 Å². The van der Waals surface area contributed by atoms with E-state index in [2.05, 4.69) is 26.1 Å². The van der Waals surface area contributed by atoms with Crippen LogP contribution in [0.15, 0.2) is 33.5 Å². The van der Waals surface area contributed by atoms with Gasteiger partial charge < -0.3 is 9.52 Å². The quantitative estimate of drug-likeness (QED) is 0.831. The molecule has 13 heavy (non-hydrogen) atoms. The number of hydrogen-bond donors (Lipinski definition) is 1.